The number of nitrogens with zero attached hydrogens (tertiary/aromatic N) is 1. The summed E-state index contributed by atoms with van der Waals surface area (Å²) in [6.45, 7) is 5.58. The molecule has 0 aromatic carbocycles. The summed E-state index contributed by atoms with van der Waals surface area (Å²) < 4.78 is 3.86. The van der Waals surface area contributed by atoms with Crippen LogP contribution in [0.25, 0.3) is 10.2 Å². The van der Waals surface area contributed by atoms with Gasteiger partial charge in [-0.25, -0.2) is 0 Å². The zero-order chi connectivity index (χ0) is 10.3. The Morgan fingerprint density at radius 1 is 1.40 bits per heavy atom. The average molecular weight is 220 g/mol. The number of thiophene rings is 1. The van der Waals surface area contributed by atoms with E-state index in [-0.39, 0.29) is 0 Å². The summed E-state index contributed by atoms with van der Waals surface area (Å²) in [6, 6.07) is 2.27. The molecule has 0 saturated carbocycles. The predicted octanol–water partition coefficient (Wildman–Crippen LogP) is 2.41. The highest BCUT2D eigenvalue weighted by Crippen LogP contribution is 2.33. The van der Waals surface area contributed by atoms with E-state index < -0.39 is 0 Å². The van der Waals surface area contributed by atoms with Crippen molar-refractivity contribution in [3.63, 3.8) is 0 Å². The van der Waals surface area contributed by atoms with Crippen molar-refractivity contribution in [1.82, 2.24) is 9.88 Å². The second-order valence-electron chi connectivity index (χ2n) is 4.07. The van der Waals surface area contributed by atoms with Crippen molar-refractivity contribution in [2.45, 2.75) is 26.3 Å². The summed E-state index contributed by atoms with van der Waals surface area (Å²) >= 11 is 1.99. The quantitative estimate of drug-likeness (QED) is 0.781. The number of hydrogen-bond acceptors (Lipinski definition) is 2. The summed E-state index contributed by atoms with van der Waals surface area (Å²) in [5, 5.41) is 3.47. The molecular formula is C12H16N2S. The Kier molecular flexibility index (Phi) is 2.29. The van der Waals surface area contributed by atoms with E-state index in [0.29, 0.717) is 0 Å². The normalized spacial score (nSPS) is 16.6. The second kappa shape index (κ2) is 3.65. The van der Waals surface area contributed by atoms with Crippen LogP contribution in [-0.4, -0.2) is 17.7 Å². The van der Waals surface area contributed by atoms with Gasteiger partial charge in [0.15, 0.2) is 0 Å². The van der Waals surface area contributed by atoms with Crippen LogP contribution < -0.4 is 5.32 Å². The Labute approximate surface area is 93.9 Å². The van der Waals surface area contributed by atoms with Crippen LogP contribution >= 0.6 is 11.3 Å². The fourth-order valence-electron chi connectivity index (χ4n) is 2.45. The van der Waals surface area contributed by atoms with Crippen molar-refractivity contribution in [2.24, 2.45) is 0 Å². The Morgan fingerprint density at radius 3 is 3.13 bits per heavy atom. The van der Waals surface area contributed by atoms with Crippen molar-refractivity contribution in [1.29, 1.82) is 0 Å². The molecule has 0 saturated heterocycles. The maximum Gasteiger partial charge on any atom is 0.0625 e. The molecular weight excluding hydrogens is 204 g/mol. The largest absolute Gasteiger partial charge is 0.347 e. The van der Waals surface area contributed by atoms with Gasteiger partial charge in [0, 0.05) is 17.6 Å². The zero-order valence-corrected chi connectivity index (χ0v) is 9.86. The number of nitrogens with one attached hydrogen (secondary N) is 1. The van der Waals surface area contributed by atoms with E-state index >= 15 is 0 Å². The van der Waals surface area contributed by atoms with Crippen molar-refractivity contribution < 1.29 is 0 Å². The van der Waals surface area contributed by atoms with Crippen LogP contribution in [0.5, 0.6) is 0 Å². The molecule has 0 bridgehead atoms. The topological polar surface area (TPSA) is 17.0 Å². The highest BCUT2D eigenvalue weighted by atomic mass is 32.1. The lowest BCUT2D eigenvalue weighted by Crippen LogP contribution is -2.16. The van der Waals surface area contributed by atoms with Crippen LogP contribution in [0, 0.1) is 0 Å². The van der Waals surface area contributed by atoms with Crippen LogP contribution in [0.2, 0.25) is 0 Å². The predicted molar refractivity (Wildman–Crippen MR) is 65.8 cm³/mol. The number of rotatable bonds is 1. The summed E-state index contributed by atoms with van der Waals surface area (Å²) in [4.78, 5) is 1.60. The second-order valence-corrected chi connectivity index (χ2v) is 5.21. The summed E-state index contributed by atoms with van der Waals surface area (Å²) in [7, 11) is 0. The van der Waals surface area contributed by atoms with Crippen molar-refractivity contribution in [2.75, 3.05) is 13.1 Å². The van der Waals surface area contributed by atoms with Crippen molar-refractivity contribution in [3.05, 3.63) is 22.7 Å². The Morgan fingerprint density at radius 2 is 2.27 bits per heavy atom. The van der Waals surface area contributed by atoms with Gasteiger partial charge in [0.25, 0.3) is 0 Å². The van der Waals surface area contributed by atoms with Crippen LogP contribution in [0.4, 0.5) is 0 Å². The molecule has 0 atom stereocenters. The molecule has 1 N–H and O–H groups in total. The molecule has 15 heavy (non-hydrogen) atoms. The molecule has 2 aromatic rings. The third-order valence-corrected chi connectivity index (χ3v) is 4.45. The van der Waals surface area contributed by atoms with Crippen LogP contribution in [0.15, 0.2) is 12.3 Å². The van der Waals surface area contributed by atoms with Crippen LogP contribution in [0.3, 0.4) is 0 Å². The Bertz CT molecular complexity index is 481. The van der Waals surface area contributed by atoms with Gasteiger partial charge >= 0.3 is 0 Å². The molecule has 0 amide bonds. The minimum Gasteiger partial charge on any atom is -0.347 e. The maximum atomic E-state index is 3.47. The van der Waals surface area contributed by atoms with Gasteiger partial charge in [-0.1, -0.05) is 0 Å². The zero-order valence-electron chi connectivity index (χ0n) is 9.05. The van der Waals surface area contributed by atoms with Gasteiger partial charge in [0.05, 0.1) is 10.2 Å². The number of aromatic nitrogens is 1. The van der Waals surface area contributed by atoms with E-state index in [9.17, 15) is 0 Å². The highest BCUT2D eigenvalue weighted by molar-refractivity contribution is 7.19. The van der Waals surface area contributed by atoms with E-state index in [4.69, 9.17) is 0 Å². The number of aryl methyl sites for hydroxylation is 1. The minimum atomic E-state index is 1.08. The molecule has 3 heterocycles. The average Bonchev–Trinajstić information content (AvgIpc) is 2.70. The van der Waals surface area contributed by atoms with E-state index in [1.165, 1.54) is 23.1 Å². The van der Waals surface area contributed by atoms with Gasteiger partial charge in [0.1, 0.15) is 0 Å². The lowest BCUT2D eigenvalue weighted by Gasteiger charge is -2.03. The first-order valence-electron chi connectivity index (χ1n) is 5.70. The van der Waals surface area contributed by atoms with Crippen molar-refractivity contribution in [3.8, 4) is 0 Å². The highest BCUT2D eigenvalue weighted by Gasteiger charge is 2.16. The summed E-state index contributed by atoms with van der Waals surface area (Å²) in [5.41, 5.74) is 3.10. The Balaban J connectivity index is 2.22. The number of hydrogen-bond donors (Lipinski definition) is 1. The molecule has 3 rings (SSSR count). The minimum absolute atomic E-state index is 1.08. The first kappa shape index (κ1) is 9.43. The molecule has 0 aliphatic carbocycles. The van der Waals surface area contributed by atoms with Crippen LogP contribution in [0.1, 0.15) is 17.4 Å². The molecule has 80 valence electrons. The summed E-state index contributed by atoms with van der Waals surface area (Å²) in [6.07, 6.45) is 4.62. The van der Waals surface area contributed by atoms with Crippen LogP contribution in [-0.2, 0) is 19.4 Å². The number of fused-ring (bicyclic) bond motifs is 3. The molecule has 1 aliphatic rings. The molecule has 3 heteroatoms. The standard InChI is InChI=1S/C12H16N2S/c1-2-14-8-5-11-12(14)9-3-6-13-7-4-10(9)15-11/h5,8,13H,2-4,6-7H2,1H3. The van der Waals surface area contributed by atoms with Gasteiger partial charge in [-0.3, -0.25) is 0 Å². The van der Waals surface area contributed by atoms with Gasteiger partial charge in [-0.05, 0) is 44.5 Å². The van der Waals surface area contributed by atoms with E-state index in [2.05, 4.69) is 29.1 Å². The Hall–Kier alpha value is -0.800. The van der Waals surface area contributed by atoms with Gasteiger partial charge in [0.2, 0.25) is 0 Å². The molecule has 0 unspecified atom stereocenters. The van der Waals surface area contributed by atoms with Gasteiger partial charge in [-0.2, -0.15) is 0 Å². The fraction of sp³-hybridized carbons (Fsp3) is 0.500. The van der Waals surface area contributed by atoms with Crippen molar-refractivity contribution >= 4 is 21.6 Å². The first-order valence-corrected chi connectivity index (χ1v) is 6.52. The molecule has 0 fully saturated rings. The maximum absolute atomic E-state index is 3.47. The SMILES string of the molecule is CCn1ccc2sc3c(c21)CCNCC3. The monoisotopic (exact) mass is 220 g/mol. The molecule has 2 aromatic heterocycles. The molecule has 2 nitrogen and oxygen atoms in total. The lowest BCUT2D eigenvalue weighted by molar-refractivity contribution is 0.711. The third kappa shape index (κ3) is 1.42. The smallest absolute Gasteiger partial charge is 0.0625 e. The fourth-order valence-corrected chi connectivity index (χ4v) is 3.70. The van der Waals surface area contributed by atoms with Gasteiger partial charge < -0.3 is 9.88 Å². The lowest BCUT2D eigenvalue weighted by atomic mass is 10.1. The van der Waals surface area contributed by atoms with Gasteiger partial charge in [-0.15, -0.1) is 11.3 Å². The van der Waals surface area contributed by atoms with E-state index in [0.717, 1.165) is 19.6 Å². The molecule has 0 radical (unpaired) electrons. The summed E-state index contributed by atoms with van der Waals surface area (Å²) in [5.74, 6) is 0. The first-order chi connectivity index (χ1) is 7.40. The molecule has 0 spiro atoms. The third-order valence-electron chi connectivity index (χ3n) is 3.20. The molecule has 1 aliphatic heterocycles. The van der Waals surface area contributed by atoms with E-state index in [1.807, 2.05) is 11.3 Å². The van der Waals surface area contributed by atoms with E-state index in [1.54, 1.807) is 10.4 Å².